The summed E-state index contributed by atoms with van der Waals surface area (Å²) in [6.07, 6.45) is 0. The predicted molar refractivity (Wildman–Crippen MR) is 151 cm³/mol. The first-order chi connectivity index (χ1) is 17.6. The van der Waals surface area contributed by atoms with Gasteiger partial charge >= 0.3 is 0 Å². The molecule has 1 aliphatic rings. The van der Waals surface area contributed by atoms with Gasteiger partial charge in [-0.05, 0) is 49.5 Å². The van der Waals surface area contributed by atoms with Crippen LogP contribution in [0.4, 0.5) is 17.1 Å². The molecule has 13 heteroatoms. The number of benzene rings is 3. The van der Waals surface area contributed by atoms with Crippen LogP contribution in [0.2, 0.25) is 0 Å². The lowest BCUT2D eigenvalue weighted by atomic mass is 10.2. The lowest BCUT2D eigenvalue weighted by Gasteiger charge is -2.34. The topological polar surface area (TPSA) is 117 Å². The number of halogens is 1. The first kappa shape index (κ1) is 29.4. The molecule has 206 valence electrons. The maximum Gasteiger partial charge on any atom is 0.262 e. The molecule has 4 rings (SSSR count). The van der Waals surface area contributed by atoms with Gasteiger partial charge in [-0.3, -0.25) is 9.44 Å². The van der Waals surface area contributed by atoms with Crippen LogP contribution in [0, 0.1) is 0 Å². The summed E-state index contributed by atoms with van der Waals surface area (Å²) < 4.78 is 68.3. The summed E-state index contributed by atoms with van der Waals surface area (Å²) in [7, 11) is -3.17. The first-order valence-electron chi connectivity index (χ1n) is 11.5. The van der Waals surface area contributed by atoms with Crippen LogP contribution in [0.15, 0.2) is 76.5 Å². The molecule has 3 aromatic carbocycles. The third-order valence-electron chi connectivity index (χ3n) is 6.08. The molecule has 0 bridgehead atoms. The smallest absolute Gasteiger partial charge is 0.262 e. The monoisotopic (exact) mass is 582 g/mol. The zero-order valence-corrected chi connectivity index (χ0v) is 23.7. The van der Waals surface area contributed by atoms with Crippen molar-refractivity contribution in [2.75, 3.05) is 61.8 Å². The van der Waals surface area contributed by atoms with E-state index in [1.54, 1.807) is 36.4 Å². The Morgan fingerprint density at radius 3 is 1.92 bits per heavy atom. The SMILES string of the molecule is COc1ccc(S(=O)(=O)Nc2ccc(N3CCN(C)CC3)cc2NS(=O)(=O)c2ccccc2)cc1OC.Cl. The molecule has 2 N–H and O–H groups in total. The Hall–Kier alpha value is -3.19. The minimum atomic E-state index is -4.10. The van der Waals surface area contributed by atoms with Crippen molar-refractivity contribution >= 4 is 49.5 Å². The summed E-state index contributed by atoms with van der Waals surface area (Å²) in [4.78, 5) is 4.34. The highest BCUT2D eigenvalue weighted by molar-refractivity contribution is 7.93. The number of methoxy groups -OCH3 is 2. The fraction of sp³-hybridized carbons (Fsp3) is 0.280. The second-order valence-corrected chi connectivity index (χ2v) is 11.9. The van der Waals surface area contributed by atoms with E-state index in [4.69, 9.17) is 9.47 Å². The van der Waals surface area contributed by atoms with Crippen molar-refractivity contribution in [3.8, 4) is 11.5 Å². The first-order valence-corrected chi connectivity index (χ1v) is 14.5. The van der Waals surface area contributed by atoms with Crippen LogP contribution in [0.3, 0.4) is 0 Å². The molecule has 0 atom stereocenters. The third-order valence-corrected chi connectivity index (χ3v) is 8.82. The normalized spacial score (nSPS) is 14.3. The van der Waals surface area contributed by atoms with E-state index in [0.29, 0.717) is 5.75 Å². The lowest BCUT2D eigenvalue weighted by Crippen LogP contribution is -2.44. The molecule has 0 aromatic heterocycles. The Balaban J connectivity index is 0.00000400. The van der Waals surface area contributed by atoms with E-state index < -0.39 is 20.0 Å². The molecule has 0 radical (unpaired) electrons. The maximum absolute atomic E-state index is 13.3. The Labute approximate surface area is 230 Å². The third kappa shape index (κ3) is 6.62. The van der Waals surface area contributed by atoms with Crippen molar-refractivity contribution in [2.24, 2.45) is 0 Å². The number of nitrogens with zero attached hydrogens (tertiary/aromatic N) is 2. The van der Waals surface area contributed by atoms with Crippen LogP contribution < -0.4 is 23.8 Å². The summed E-state index contributed by atoms with van der Waals surface area (Å²) in [6, 6.07) is 17.1. The van der Waals surface area contributed by atoms with E-state index in [0.717, 1.165) is 31.9 Å². The quantitative estimate of drug-likeness (QED) is 0.394. The largest absolute Gasteiger partial charge is 0.493 e. The van der Waals surface area contributed by atoms with Crippen molar-refractivity contribution in [3.63, 3.8) is 0 Å². The van der Waals surface area contributed by atoms with E-state index in [1.807, 2.05) is 7.05 Å². The van der Waals surface area contributed by atoms with E-state index in [9.17, 15) is 16.8 Å². The van der Waals surface area contributed by atoms with Crippen molar-refractivity contribution in [1.29, 1.82) is 0 Å². The fourth-order valence-corrected chi connectivity index (χ4v) is 6.14. The number of hydrogen-bond donors (Lipinski definition) is 2. The zero-order valence-electron chi connectivity index (χ0n) is 21.2. The standard InChI is InChI=1S/C25H30N4O6S2.ClH/c1-28-13-15-29(16-14-28)19-9-11-22(23(17-19)27-36(30,31)20-7-5-4-6-8-20)26-37(32,33)21-10-12-24(34-2)25(18-21)35-3;/h4-12,17-18,26-27H,13-16H2,1-3H3;1H. The number of sulfonamides is 2. The molecule has 1 heterocycles. The number of ether oxygens (including phenoxy) is 2. The minimum Gasteiger partial charge on any atom is -0.493 e. The average Bonchev–Trinajstić information content (AvgIpc) is 2.90. The van der Waals surface area contributed by atoms with Crippen molar-refractivity contribution in [1.82, 2.24) is 4.90 Å². The molecular weight excluding hydrogens is 552 g/mol. The highest BCUT2D eigenvalue weighted by Crippen LogP contribution is 2.34. The summed E-state index contributed by atoms with van der Waals surface area (Å²) in [5.41, 5.74) is 0.990. The van der Waals surface area contributed by atoms with Crippen LogP contribution in [0.25, 0.3) is 0 Å². The number of piperazine rings is 1. The van der Waals surface area contributed by atoms with Crippen LogP contribution in [-0.4, -0.2) is 69.2 Å². The highest BCUT2D eigenvalue weighted by atomic mass is 35.5. The number of anilines is 3. The van der Waals surface area contributed by atoms with Gasteiger partial charge in [0.05, 0.1) is 35.4 Å². The van der Waals surface area contributed by atoms with E-state index in [2.05, 4.69) is 19.2 Å². The fourth-order valence-electron chi connectivity index (χ4n) is 3.96. The molecule has 1 fully saturated rings. The van der Waals surface area contributed by atoms with Crippen LogP contribution in [0.5, 0.6) is 11.5 Å². The van der Waals surface area contributed by atoms with Crippen molar-refractivity contribution in [2.45, 2.75) is 9.79 Å². The number of likely N-dealkylation sites (N-methyl/N-ethyl adjacent to an activating group) is 1. The average molecular weight is 583 g/mol. The number of nitrogens with one attached hydrogen (secondary N) is 2. The molecule has 0 amide bonds. The molecule has 1 aliphatic heterocycles. The van der Waals surface area contributed by atoms with E-state index in [1.165, 1.54) is 44.6 Å². The molecule has 38 heavy (non-hydrogen) atoms. The summed E-state index contributed by atoms with van der Waals surface area (Å²) in [6.45, 7) is 3.24. The lowest BCUT2D eigenvalue weighted by molar-refractivity contribution is 0.313. The Bertz CT molecular complexity index is 1460. The van der Waals surface area contributed by atoms with E-state index in [-0.39, 0.29) is 39.3 Å². The maximum atomic E-state index is 13.3. The summed E-state index contributed by atoms with van der Waals surface area (Å²) in [5.74, 6) is 0.634. The molecule has 0 saturated carbocycles. The van der Waals surface area contributed by atoms with Crippen LogP contribution >= 0.6 is 12.4 Å². The van der Waals surface area contributed by atoms with Gasteiger partial charge in [0, 0.05) is 37.9 Å². The van der Waals surface area contributed by atoms with Crippen LogP contribution in [-0.2, 0) is 20.0 Å². The van der Waals surface area contributed by atoms with Gasteiger partial charge in [0.2, 0.25) is 0 Å². The van der Waals surface area contributed by atoms with Gasteiger partial charge in [-0.1, -0.05) is 18.2 Å². The zero-order chi connectivity index (χ0) is 26.6. The van der Waals surface area contributed by atoms with Gasteiger partial charge in [0.25, 0.3) is 20.0 Å². The van der Waals surface area contributed by atoms with Gasteiger partial charge in [-0.15, -0.1) is 12.4 Å². The Morgan fingerprint density at radius 1 is 0.684 bits per heavy atom. The molecule has 1 saturated heterocycles. The second kappa shape index (κ2) is 12.1. The highest BCUT2D eigenvalue weighted by Gasteiger charge is 2.23. The van der Waals surface area contributed by atoms with Crippen LogP contribution in [0.1, 0.15) is 0 Å². The Kier molecular flexibility index (Phi) is 9.36. The Morgan fingerprint density at radius 2 is 1.29 bits per heavy atom. The summed E-state index contributed by atoms with van der Waals surface area (Å²) in [5, 5.41) is 0. The molecule has 0 aliphatic carbocycles. The molecular formula is C25H31ClN4O6S2. The second-order valence-electron chi connectivity index (χ2n) is 8.56. The van der Waals surface area contributed by atoms with Crippen molar-refractivity contribution < 1.29 is 26.3 Å². The predicted octanol–water partition coefficient (Wildman–Crippen LogP) is 3.48. The summed E-state index contributed by atoms with van der Waals surface area (Å²) >= 11 is 0. The van der Waals surface area contributed by atoms with E-state index >= 15 is 0 Å². The molecule has 0 spiro atoms. The van der Waals surface area contributed by atoms with Crippen molar-refractivity contribution in [3.05, 3.63) is 66.7 Å². The minimum absolute atomic E-state index is 0. The molecule has 3 aromatic rings. The van der Waals surface area contributed by atoms with Gasteiger partial charge in [-0.2, -0.15) is 0 Å². The van der Waals surface area contributed by atoms with Gasteiger partial charge in [0.1, 0.15) is 0 Å². The number of rotatable bonds is 9. The number of hydrogen-bond acceptors (Lipinski definition) is 8. The van der Waals surface area contributed by atoms with Gasteiger partial charge in [0.15, 0.2) is 11.5 Å². The van der Waals surface area contributed by atoms with Gasteiger partial charge in [-0.25, -0.2) is 16.8 Å². The van der Waals surface area contributed by atoms with Gasteiger partial charge < -0.3 is 19.3 Å². The molecule has 0 unspecified atom stereocenters. The molecule has 10 nitrogen and oxygen atoms in total.